The van der Waals surface area contributed by atoms with Crippen LogP contribution >= 0.6 is 22.6 Å². The van der Waals surface area contributed by atoms with Crippen molar-refractivity contribution in [2.75, 3.05) is 6.54 Å². The maximum Gasteiger partial charge on any atom is -0.00772 e. The van der Waals surface area contributed by atoms with Crippen molar-refractivity contribution in [1.82, 2.24) is 0 Å². The van der Waals surface area contributed by atoms with Crippen molar-refractivity contribution in [3.8, 4) is 0 Å². The van der Waals surface area contributed by atoms with Crippen LogP contribution < -0.4 is 5.73 Å². The van der Waals surface area contributed by atoms with Crippen LogP contribution in [0.1, 0.15) is 19.3 Å². The first kappa shape index (κ1) is 8.43. The maximum absolute atomic E-state index is 5.28. The average Bonchev–Trinajstić information content (AvgIpc) is 1.81. The van der Waals surface area contributed by atoms with Crippen molar-refractivity contribution >= 4 is 22.6 Å². The fourth-order valence-corrected chi connectivity index (χ4v) is 0.829. The van der Waals surface area contributed by atoms with E-state index < -0.39 is 0 Å². The normalized spacial score (nSPS) is 10.8. The molecule has 0 saturated carbocycles. The van der Waals surface area contributed by atoms with Crippen LogP contribution in [0.2, 0.25) is 0 Å². The molecule has 0 aliphatic carbocycles. The zero-order valence-electron chi connectivity index (χ0n) is 4.94. The molecular formula is C6H12IN. The molecule has 0 heterocycles. The van der Waals surface area contributed by atoms with Crippen LogP contribution in [0.3, 0.4) is 0 Å². The first-order valence-electron chi connectivity index (χ1n) is 2.87. The van der Waals surface area contributed by atoms with Crippen molar-refractivity contribution in [2.45, 2.75) is 19.3 Å². The largest absolute Gasteiger partial charge is 0.330 e. The number of rotatable bonds is 4. The predicted molar refractivity (Wildman–Crippen MR) is 46.1 cm³/mol. The summed E-state index contributed by atoms with van der Waals surface area (Å²) in [6.07, 6.45) is 5.73. The molecule has 0 atom stereocenters. The van der Waals surface area contributed by atoms with Gasteiger partial charge in [0.2, 0.25) is 0 Å². The van der Waals surface area contributed by atoms with E-state index in [1.807, 2.05) is 4.08 Å². The Kier molecular flexibility index (Phi) is 7.83. The van der Waals surface area contributed by atoms with Crippen molar-refractivity contribution < 1.29 is 0 Å². The Morgan fingerprint density at radius 1 is 1.38 bits per heavy atom. The third kappa shape index (κ3) is 6.43. The third-order valence-corrected chi connectivity index (χ3v) is 1.42. The van der Waals surface area contributed by atoms with E-state index in [0.29, 0.717) is 0 Å². The maximum atomic E-state index is 5.28. The lowest BCUT2D eigenvalue weighted by atomic mass is 10.2. The average molecular weight is 225 g/mol. The highest BCUT2D eigenvalue weighted by Crippen LogP contribution is 1.96. The van der Waals surface area contributed by atoms with Crippen LogP contribution in [0, 0.1) is 0 Å². The lowest BCUT2D eigenvalue weighted by molar-refractivity contribution is 0.759. The van der Waals surface area contributed by atoms with E-state index in [1.165, 1.54) is 12.8 Å². The lowest BCUT2D eigenvalue weighted by Crippen LogP contribution is -1.96. The van der Waals surface area contributed by atoms with E-state index in [1.54, 1.807) is 0 Å². The minimum absolute atomic E-state index is 0.828. The molecule has 2 heteroatoms. The number of unbranched alkanes of at least 4 members (excludes halogenated alkanes) is 2. The van der Waals surface area contributed by atoms with Gasteiger partial charge in [-0.3, -0.25) is 0 Å². The van der Waals surface area contributed by atoms with Crippen LogP contribution in [-0.4, -0.2) is 6.54 Å². The third-order valence-electron chi connectivity index (χ3n) is 0.914. The van der Waals surface area contributed by atoms with Gasteiger partial charge in [0.1, 0.15) is 0 Å². The fourth-order valence-electron chi connectivity index (χ4n) is 0.470. The first-order chi connectivity index (χ1) is 3.91. The number of allylic oxidation sites excluding steroid dienone is 1. The monoisotopic (exact) mass is 225 g/mol. The summed E-state index contributed by atoms with van der Waals surface area (Å²) >= 11 is 2.23. The van der Waals surface area contributed by atoms with Crippen LogP contribution in [0.5, 0.6) is 0 Å². The minimum atomic E-state index is 0.828. The van der Waals surface area contributed by atoms with Crippen LogP contribution in [0.4, 0.5) is 0 Å². The van der Waals surface area contributed by atoms with E-state index in [0.717, 1.165) is 13.0 Å². The van der Waals surface area contributed by atoms with Gasteiger partial charge in [-0.2, -0.15) is 0 Å². The Balaban J connectivity index is 2.72. The van der Waals surface area contributed by atoms with Gasteiger partial charge in [-0.1, -0.05) is 28.7 Å². The van der Waals surface area contributed by atoms with Gasteiger partial charge in [0.25, 0.3) is 0 Å². The SMILES string of the molecule is NCCCC/C=C\I. The summed E-state index contributed by atoms with van der Waals surface area (Å²) in [7, 11) is 0. The van der Waals surface area contributed by atoms with Crippen LogP contribution in [0.25, 0.3) is 0 Å². The predicted octanol–water partition coefficient (Wildman–Crippen LogP) is 2.06. The van der Waals surface area contributed by atoms with Gasteiger partial charge in [0, 0.05) is 0 Å². The van der Waals surface area contributed by atoms with Gasteiger partial charge in [-0.25, -0.2) is 0 Å². The molecule has 0 aliphatic heterocycles. The molecule has 0 aliphatic rings. The van der Waals surface area contributed by atoms with E-state index >= 15 is 0 Å². The number of hydrogen-bond acceptors (Lipinski definition) is 1. The van der Waals surface area contributed by atoms with Crippen molar-refractivity contribution in [1.29, 1.82) is 0 Å². The second-order valence-electron chi connectivity index (χ2n) is 1.65. The Bertz CT molecular complexity index is 61.5. The summed E-state index contributed by atoms with van der Waals surface area (Å²) in [6, 6.07) is 0. The second kappa shape index (κ2) is 7.43. The lowest BCUT2D eigenvalue weighted by Gasteiger charge is -1.88. The quantitative estimate of drug-likeness (QED) is 0.575. The molecule has 48 valence electrons. The summed E-state index contributed by atoms with van der Waals surface area (Å²) < 4.78 is 2.05. The molecule has 8 heavy (non-hydrogen) atoms. The number of halogens is 1. The first-order valence-corrected chi connectivity index (χ1v) is 4.11. The molecule has 2 N–H and O–H groups in total. The second-order valence-corrected chi connectivity index (χ2v) is 2.37. The molecule has 0 spiro atoms. The van der Waals surface area contributed by atoms with E-state index in [9.17, 15) is 0 Å². The Morgan fingerprint density at radius 3 is 2.62 bits per heavy atom. The molecule has 0 unspecified atom stereocenters. The Morgan fingerprint density at radius 2 is 2.12 bits per heavy atom. The fraction of sp³-hybridized carbons (Fsp3) is 0.667. The van der Waals surface area contributed by atoms with E-state index in [2.05, 4.69) is 28.7 Å². The number of nitrogens with two attached hydrogens (primary N) is 1. The molecule has 0 aromatic rings. The topological polar surface area (TPSA) is 26.0 Å². The molecule has 0 fully saturated rings. The van der Waals surface area contributed by atoms with Gasteiger partial charge in [-0.05, 0) is 29.9 Å². The summed E-state index contributed by atoms with van der Waals surface area (Å²) in [5.74, 6) is 0. The van der Waals surface area contributed by atoms with Crippen molar-refractivity contribution in [3.05, 3.63) is 10.2 Å². The molecule has 0 radical (unpaired) electrons. The Labute approximate surface area is 64.5 Å². The molecule has 0 rings (SSSR count). The minimum Gasteiger partial charge on any atom is -0.330 e. The highest BCUT2D eigenvalue weighted by Gasteiger charge is 1.78. The summed E-state index contributed by atoms with van der Waals surface area (Å²) in [4.78, 5) is 0. The molecule has 0 saturated heterocycles. The highest BCUT2D eigenvalue weighted by molar-refractivity contribution is 14.1. The van der Waals surface area contributed by atoms with Crippen molar-refractivity contribution in [3.63, 3.8) is 0 Å². The van der Waals surface area contributed by atoms with E-state index in [-0.39, 0.29) is 0 Å². The van der Waals surface area contributed by atoms with Gasteiger partial charge < -0.3 is 5.73 Å². The van der Waals surface area contributed by atoms with Crippen LogP contribution in [-0.2, 0) is 0 Å². The zero-order valence-corrected chi connectivity index (χ0v) is 7.10. The molecule has 0 aromatic heterocycles. The Hall–Kier alpha value is 0.430. The smallest absolute Gasteiger partial charge is 0.00772 e. The van der Waals surface area contributed by atoms with Crippen LogP contribution in [0.15, 0.2) is 10.2 Å². The summed E-state index contributed by atoms with van der Waals surface area (Å²) in [6.45, 7) is 0.828. The standard InChI is InChI=1S/C6H12IN/c7-5-3-1-2-4-6-8/h3,5H,1-2,4,6,8H2/b5-3-. The molecule has 1 nitrogen and oxygen atoms in total. The van der Waals surface area contributed by atoms with Gasteiger partial charge in [0.15, 0.2) is 0 Å². The summed E-state index contributed by atoms with van der Waals surface area (Å²) in [5, 5.41) is 0. The number of hydrogen-bond donors (Lipinski definition) is 1. The van der Waals surface area contributed by atoms with Gasteiger partial charge >= 0.3 is 0 Å². The molecule has 0 amide bonds. The van der Waals surface area contributed by atoms with E-state index in [4.69, 9.17) is 5.73 Å². The summed E-state index contributed by atoms with van der Waals surface area (Å²) in [5.41, 5.74) is 5.28. The molecule has 0 bridgehead atoms. The van der Waals surface area contributed by atoms with Gasteiger partial charge in [-0.15, -0.1) is 0 Å². The highest BCUT2D eigenvalue weighted by atomic mass is 127. The zero-order chi connectivity index (χ0) is 6.24. The van der Waals surface area contributed by atoms with Crippen molar-refractivity contribution in [2.24, 2.45) is 5.73 Å². The van der Waals surface area contributed by atoms with Gasteiger partial charge in [0.05, 0.1) is 0 Å². The molecular weight excluding hydrogens is 213 g/mol. The molecule has 0 aromatic carbocycles.